The second kappa shape index (κ2) is 2.53. The van der Waals surface area contributed by atoms with Gasteiger partial charge in [0.15, 0.2) is 11.9 Å². The predicted octanol–water partition coefficient (Wildman–Crippen LogP) is -0.247. The average molecular weight is 148 g/mol. The smallest absolute Gasteiger partial charge is 0.181 e. The van der Waals surface area contributed by atoms with Crippen molar-refractivity contribution < 1.29 is 0 Å². The fraction of sp³-hybridized carbons (Fsp3) is 0. The highest BCUT2D eigenvalue weighted by Crippen LogP contribution is 2.08. The molecular formula is C6H6N5. The molecule has 0 saturated heterocycles. The molecule has 1 radical (unpaired) electrons. The first-order valence-electron chi connectivity index (χ1n) is 3.17. The molecule has 1 aromatic heterocycles. The zero-order valence-electron chi connectivity index (χ0n) is 5.65. The summed E-state index contributed by atoms with van der Waals surface area (Å²) in [5, 5.41) is 16.3. The van der Waals surface area contributed by atoms with E-state index in [2.05, 4.69) is 25.9 Å². The van der Waals surface area contributed by atoms with E-state index in [4.69, 9.17) is 0 Å². The van der Waals surface area contributed by atoms with Gasteiger partial charge in [-0.2, -0.15) is 0 Å². The number of allylic oxidation sites excluding steroid dienone is 2. The first kappa shape index (κ1) is 6.09. The van der Waals surface area contributed by atoms with Gasteiger partial charge < -0.3 is 5.32 Å². The predicted molar refractivity (Wildman–Crippen MR) is 37.9 cm³/mol. The molecule has 0 aromatic carbocycles. The van der Waals surface area contributed by atoms with Crippen molar-refractivity contribution in [3.05, 3.63) is 36.3 Å². The summed E-state index contributed by atoms with van der Waals surface area (Å²) in [5.74, 6) is 0.644. The van der Waals surface area contributed by atoms with Crippen LogP contribution in [0.2, 0.25) is 0 Å². The Bertz CT molecular complexity index is 273. The van der Waals surface area contributed by atoms with E-state index in [0.29, 0.717) is 5.82 Å². The van der Waals surface area contributed by atoms with Gasteiger partial charge in [0.2, 0.25) is 0 Å². The van der Waals surface area contributed by atoms with Crippen molar-refractivity contribution >= 4 is 0 Å². The lowest BCUT2D eigenvalue weighted by Crippen LogP contribution is -2.17. The van der Waals surface area contributed by atoms with Crippen LogP contribution in [0.4, 0.5) is 0 Å². The van der Waals surface area contributed by atoms with E-state index in [0.717, 1.165) is 6.04 Å². The summed E-state index contributed by atoms with van der Waals surface area (Å²) in [4.78, 5) is 0. The molecule has 1 aliphatic heterocycles. The Morgan fingerprint density at radius 2 is 2.27 bits per heavy atom. The third-order valence-electron chi connectivity index (χ3n) is 1.31. The van der Waals surface area contributed by atoms with Crippen LogP contribution < -0.4 is 5.32 Å². The molecule has 0 spiro atoms. The van der Waals surface area contributed by atoms with Gasteiger partial charge in [0, 0.05) is 0 Å². The van der Waals surface area contributed by atoms with Gasteiger partial charge >= 0.3 is 0 Å². The van der Waals surface area contributed by atoms with Crippen molar-refractivity contribution in [1.82, 2.24) is 25.9 Å². The molecule has 0 atom stereocenters. The van der Waals surface area contributed by atoms with Crippen molar-refractivity contribution in [2.24, 2.45) is 0 Å². The normalized spacial score (nSPS) is 16.7. The Morgan fingerprint density at radius 3 is 2.91 bits per heavy atom. The zero-order chi connectivity index (χ0) is 7.52. The summed E-state index contributed by atoms with van der Waals surface area (Å²) in [6.07, 6.45) is 7.52. The van der Waals surface area contributed by atoms with Crippen LogP contribution in [0.15, 0.2) is 24.4 Å². The lowest BCUT2D eigenvalue weighted by Gasteiger charge is -2.09. The molecule has 1 aromatic rings. The van der Waals surface area contributed by atoms with E-state index >= 15 is 0 Å². The molecule has 55 valence electrons. The average Bonchev–Trinajstić information content (AvgIpc) is 2.58. The summed E-state index contributed by atoms with van der Waals surface area (Å²) in [7, 11) is 0. The van der Waals surface area contributed by atoms with Crippen LogP contribution in [0.3, 0.4) is 0 Å². The second-order valence-corrected chi connectivity index (χ2v) is 2.03. The van der Waals surface area contributed by atoms with E-state index in [-0.39, 0.29) is 0 Å². The maximum absolute atomic E-state index is 3.74. The lowest BCUT2D eigenvalue weighted by atomic mass is 10.2. The number of dihydropyridines is 1. The molecule has 0 unspecified atom stereocenters. The Kier molecular flexibility index (Phi) is 1.40. The van der Waals surface area contributed by atoms with Crippen LogP contribution >= 0.6 is 0 Å². The topological polar surface area (TPSA) is 66.5 Å². The summed E-state index contributed by atoms with van der Waals surface area (Å²) in [5.41, 5.74) is 0. The first-order valence-corrected chi connectivity index (χ1v) is 3.17. The Balaban J connectivity index is 2.19. The highest BCUT2D eigenvalue weighted by atomic mass is 15.5. The van der Waals surface area contributed by atoms with Gasteiger partial charge in [0.1, 0.15) is 0 Å². The van der Waals surface area contributed by atoms with E-state index in [1.54, 1.807) is 0 Å². The van der Waals surface area contributed by atoms with Crippen LogP contribution in [0, 0.1) is 6.04 Å². The van der Waals surface area contributed by atoms with Crippen LogP contribution in [0.5, 0.6) is 0 Å². The highest BCUT2D eigenvalue weighted by Gasteiger charge is 2.11. The van der Waals surface area contributed by atoms with Gasteiger partial charge in [-0.3, -0.25) is 0 Å². The Morgan fingerprint density at radius 1 is 1.27 bits per heavy atom. The van der Waals surface area contributed by atoms with Gasteiger partial charge in [-0.05, 0) is 28.8 Å². The molecule has 1 aliphatic rings. The third-order valence-corrected chi connectivity index (χ3v) is 1.31. The fourth-order valence-electron chi connectivity index (χ4n) is 0.814. The number of aromatic nitrogens is 4. The van der Waals surface area contributed by atoms with E-state index in [9.17, 15) is 0 Å². The van der Waals surface area contributed by atoms with Crippen molar-refractivity contribution in [2.75, 3.05) is 0 Å². The van der Waals surface area contributed by atoms with Crippen molar-refractivity contribution in [1.29, 1.82) is 0 Å². The van der Waals surface area contributed by atoms with Gasteiger partial charge in [-0.25, -0.2) is 5.10 Å². The number of tetrazole rings is 1. The van der Waals surface area contributed by atoms with Crippen LogP contribution in [-0.2, 0) is 0 Å². The third kappa shape index (κ3) is 1.12. The molecule has 0 saturated carbocycles. The number of nitrogens with one attached hydrogen (secondary N) is 2. The zero-order valence-corrected chi connectivity index (χ0v) is 5.65. The summed E-state index contributed by atoms with van der Waals surface area (Å²) < 4.78 is 0. The summed E-state index contributed by atoms with van der Waals surface area (Å²) in [6.45, 7) is 0. The van der Waals surface area contributed by atoms with E-state index in [1.807, 2.05) is 24.4 Å². The molecule has 11 heavy (non-hydrogen) atoms. The molecular weight excluding hydrogens is 142 g/mol. The number of nitrogens with zero attached hydrogens (tertiary/aromatic N) is 3. The minimum Gasteiger partial charge on any atom is -0.373 e. The van der Waals surface area contributed by atoms with Gasteiger partial charge in [-0.1, -0.05) is 6.08 Å². The van der Waals surface area contributed by atoms with E-state index < -0.39 is 0 Å². The highest BCUT2D eigenvalue weighted by molar-refractivity contribution is 5.30. The largest absolute Gasteiger partial charge is 0.373 e. The maximum atomic E-state index is 3.74. The molecule has 0 aliphatic carbocycles. The quantitative estimate of drug-likeness (QED) is 0.576. The van der Waals surface area contributed by atoms with Crippen molar-refractivity contribution in [3.63, 3.8) is 0 Å². The monoisotopic (exact) mass is 148 g/mol. The minimum absolute atomic E-state index is 0.644. The van der Waals surface area contributed by atoms with Crippen molar-refractivity contribution in [3.8, 4) is 0 Å². The molecule has 0 bridgehead atoms. The molecule has 2 heterocycles. The fourth-order valence-corrected chi connectivity index (χ4v) is 0.814. The molecule has 2 rings (SSSR count). The number of hydrogen-bond acceptors (Lipinski definition) is 4. The summed E-state index contributed by atoms with van der Waals surface area (Å²) in [6, 6.07) is 0.873. The van der Waals surface area contributed by atoms with Gasteiger partial charge in [-0.15, -0.1) is 5.10 Å². The number of H-pyrrole nitrogens is 1. The van der Waals surface area contributed by atoms with Crippen molar-refractivity contribution in [2.45, 2.75) is 0 Å². The van der Waals surface area contributed by atoms with Crippen LogP contribution in [0.25, 0.3) is 0 Å². The van der Waals surface area contributed by atoms with Crippen LogP contribution in [-0.4, -0.2) is 20.6 Å². The molecule has 0 fully saturated rings. The lowest BCUT2D eigenvalue weighted by molar-refractivity contribution is 0.881. The summed E-state index contributed by atoms with van der Waals surface area (Å²) >= 11 is 0. The number of rotatable bonds is 1. The SMILES string of the molecule is C1=CN[C](c2nnn[nH]2)C=C1. The standard InChI is InChI=1S/C6H6N5/c1-2-4-7-5(3-1)6-8-10-11-9-6/h1-4,7H,(H,8,9,10,11). The van der Waals surface area contributed by atoms with E-state index in [1.165, 1.54) is 0 Å². The Hall–Kier alpha value is -1.65. The van der Waals surface area contributed by atoms with Crippen LogP contribution in [0.1, 0.15) is 5.82 Å². The first-order chi connectivity index (χ1) is 5.47. The number of hydrogen-bond donors (Lipinski definition) is 2. The minimum atomic E-state index is 0.644. The molecule has 2 N–H and O–H groups in total. The molecule has 5 heteroatoms. The number of aromatic amines is 1. The van der Waals surface area contributed by atoms with Gasteiger partial charge in [0.05, 0.1) is 0 Å². The molecule has 5 nitrogen and oxygen atoms in total. The van der Waals surface area contributed by atoms with Gasteiger partial charge in [0.25, 0.3) is 0 Å². The molecule has 0 amide bonds. The Labute approximate surface area is 63.2 Å². The maximum Gasteiger partial charge on any atom is 0.181 e. The second-order valence-electron chi connectivity index (χ2n) is 2.03.